The maximum absolute atomic E-state index is 12.0. The highest BCUT2D eigenvalue weighted by atomic mass is 16.5. The van der Waals surface area contributed by atoms with Crippen LogP contribution in [-0.2, 0) is 11.3 Å². The van der Waals surface area contributed by atoms with Gasteiger partial charge in [-0.25, -0.2) is 0 Å². The van der Waals surface area contributed by atoms with Gasteiger partial charge in [-0.15, -0.1) is 0 Å². The third-order valence-electron chi connectivity index (χ3n) is 3.15. The molecule has 1 N–H and O–H groups in total. The number of carbonyl (C=O) groups excluding carboxylic acids is 1. The zero-order valence-electron chi connectivity index (χ0n) is 11.0. The van der Waals surface area contributed by atoms with Gasteiger partial charge in [-0.05, 0) is 37.6 Å². The van der Waals surface area contributed by atoms with E-state index in [0.29, 0.717) is 19.1 Å². The van der Waals surface area contributed by atoms with Crippen LogP contribution in [0.4, 0.5) is 0 Å². The Morgan fingerprint density at radius 2 is 2.06 bits per heavy atom. The van der Waals surface area contributed by atoms with Gasteiger partial charge in [-0.3, -0.25) is 4.79 Å². The fraction of sp³-hybridized carbons (Fsp3) is 0.500. The second-order valence-corrected chi connectivity index (χ2v) is 4.63. The van der Waals surface area contributed by atoms with Crippen LogP contribution in [0.1, 0.15) is 18.4 Å². The van der Waals surface area contributed by atoms with Gasteiger partial charge in [0.25, 0.3) is 0 Å². The number of rotatable bonds is 6. The summed E-state index contributed by atoms with van der Waals surface area (Å²) in [5, 5.41) is 2.92. The number of nitrogens with zero attached hydrogens (tertiary/aromatic N) is 1. The van der Waals surface area contributed by atoms with Crippen molar-refractivity contribution in [1.82, 2.24) is 10.2 Å². The zero-order chi connectivity index (χ0) is 13.0. The van der Waals surface area contributed by atoms with Crippen LogP contribution in [0.2, 0.25) is 0 Å². The van der Waals surface area contributed by atoms with Crippen molar-refractivity contribution in [2.24, 2.45) is 0 Å². The average molecular weight is 248 g/mol. The molecular weight excluding hydrogens is 228 g/mol. The van der Waals surface area contributed by atoms with Gasteiger partial charge < -0.3 is 15.0 Å². The van der Waals surface area contributed by atoms with Gasteiger partial charge in [0.2, 0.25) is 5.91 Å². The SMILES string of the molecule is CNCC(=O)N(Cc1ccc(OC)cc1)C1CC1. The summed E-state index contributed by atoms with van der Waals surface area (Å²) in [6.45, 7) is 1.10. The highest BCUT2D eigenvalue weighted by Gasteiger charge is 2.31. The van der Waals surface area contributed by atoms with Gasteiger partial charge in [0.15, 0.2) is 0 Å². The van der Waals surface area contributed by atoms with Gasteiger partial charge in [0, 0.05) is 12.6 Å². The Morgan fingerprint density at radius 1 is 1.39 bits per heavy atom. The average Bonchev–Trinajstić information content (AvgIpc) is 3.21. The molecule has 1 amide bonds. The lowest BCUT2D eigenvalue weighted by Gasteiger charge is -2.22. The van der Waals surface area contributed by atoms with Crippen molar-refractivity contribution in [3.63, 3.8) is 0 Å². The van der Waals surface area contributed by atoms with Crippen LogP contribution in [0, 0.1) is 0 Å². The van der Waals surface area contributed by atoms with E-state index in [9.17, 15) is 4.79 Å². The Bertz CT molecular complexity index is 399. The first-order valence-corrected chi connectivity index (χ1v) is 6.31. The Labute approximate surface area is 108 Å². The van der Waals surface area contributed by atoms with Gasteiger partial charge in [0.05, 0.1) is 13.7 Å². The predicted octanol–water partition coefficient (Wildman–Crippen LogP) is 1.41. The minimum atomic E-state index is 0.177. The molecule has 0 heterocycles. The van der Waals surface area contributed by atoms with E-state index in [2.05, 4.69) is 5.32 Å². The molecule has 1 aliphatic carbocycles. The van der Waals surface area contributed by atoms with Crippen molar-refractivity contribution in [3.8, 4) is 5.75 Å². The van der Waals surface area contributed by atoms with Crippen LogP contribution >= 0.6 is 0 Å². The van der Waals surface area contributed by atoms with Crippen LogP contribution < -0.4 is 10.1 Å². The Morgan fingerprint density at radius 3 is 2.56 bits per heavy atom. The second-order valence-electron chi connectivity index (χ2n) is 4.63. The monoisotopic (exact) mass is 248 g/mol. The molecule has 0 atom stereocenters. The Hall–Kier alpha value is -1.55. The summed E-state index contributed by atoms with van der Waals surface area (Å²) in [5.41, 5.74) is 1.15. The molecule has 4 heteroatoms. The summed E-state index contributed by atoms with van der Waals surface area (Å²) in [6.07, 6.45) is 2.26. The molecular formula is C14H20N2O2. The Kier molecular flexibility index (Phi) is 4.20. The van der Waals surface area contributed by atoms with E-state index in [1.807, 2.05) is 29.2 Å². The quantitative estimate of drug-likeness (QED) is 0.827. The largest absolute Gasteiger partial charge is 0.497 e. The molecule has 0 bridgehead atoms. The van der Waals surface area contributed by atoms with Gasteiger partial charge >= 0.3 is 0 Å². The van der Waals surface area contributed by atoms with Crippen LogP contribution in [0.3, 0.4) is 0 Å². The van der Waals surface area contributed by atoms with E-state index in [0.717, 1.165) is 24.2 Å². The number of amides is 1. The second kappa shape index (κ2) is 5.87. The predicted molar refractivity (Wildman–Crippen MR) is 70.5 cm³/mol. The molecule has 1 aromatic carbocycles. The normalized spacial score (nSPS) is 14.3. The molecule has 0 saturated heterocycles. The number of hydrogen-bond donors (Lipinski definition) is 1. The van der Waals surface area contributed by atoms with E-state index in [-0.39, 0.29) is 5.91 Å². The molecule has 1 saturated carbocycles. The highest BCUT2D eigenvalue weighted by Crippen LogP contribution is 2.28. The van der Waals surface area contributed by atoms with Crippen molar-refractivity contribution in [3.05, 3.63) is 29.8 Å². The molecule has 1 aromatic rings. The van der Waals surface area contributed by atoms with E-state index in [1.54, 1.807) is 14.2 Å². The number of benzene rings is 1. The molecule has 0 radical (unpaired) electrons. The molecule has 0 aliphatic heterocycles. The topological polar surface area (TPSA) is 41.6 Å². The summed E-state index contributed by atoms with van der Waals surface area (Å²) in [6, 6.07) is 8.33. The number of methoxy groups -OCH3 is 1. The standard InChI is InChI=1S/C14H20N2O2/c1-15-9-14(17)16(12-5-6-12)10-11-3-7-13(18-2)8-4-11/h3-4,7-8,12,15H,5-6,9-10H2,1-2H3. The van der Waals surface area contributed by atoms with Gasteiger partial charge in [-0.2, -0.15) is 0 Å². The lowest BCUT2D eigenvalue weighted by Crippen LogP contribution is -2.38. The molecule has 2 rings (SSSR count). The van der Waals surface area contributed by atoms with E-state index >= 15 is 0 Å². The molecule has 0 unspecified atom stereocenters. The molecule has 4 nitrogen and oxygen atoms in total. The first kappa shape index (κ1) is 12.9. The van der Waals surface area contributed by atoms with Crippen LogP contribution in [0.15, 0.2) is 24.3 Å². The van der Waals surface area contributed by atoms with E-state index < -0.39 is 0 Å². The molecule has 0 spiro atoms. The Balaban J connectivity index is 2.01. The highest BCUT2D eigenvalue weighted by molar-refractivity contribution is 5.78. The number of likely N-dealkylation sites (N-methyl/N-ethyl adjacent to an activating group) is 1. The first-order chi connectivity index (χ1) is 8.74. The molecule has 18 heavy (non-hydrogen) atoms. The molecule has 98 valence electrons. The third-order valence-corrected chi connectivity index (χ3v) is 3.15. The number of ether oxygens (including phenoxy) is 1. The summed E-state index contributed by atoms with van der Waals surface area (Å²) in [7, 11) is 3.46. The minimum absolute atomic E-state index is 0.177. The van der Waals surface area contributed by atoms with Crippen molar-refractivity contribution >= 4 is 5.91 Å². The summed E-state index contributed by atoms with van der Waals surface area (Å²) in [4.78, 5) is 14.0. The smallest absolute Gasteiger partial charge is 0.237 e. The fourth-order valence-electron chi connectivity index (χ4n) is 1.99. The van der Waals surface area contributed by atoms with Crippen LogP contribution in [-0.4, -0.2) is 37.6 Å². The van der Waals surface area contributed by atoms with Crippen molar-refractivity contribution in [2.75, 3.05) is 20.7 Å². The van der Waals surface area contributed by atoms with Crippen molar-refractivity contribution in [1.29, 1.82) is 0 Å². The minimum Gasteiger partial charge on any atom is -0.497 e. The maximum Gasteiger partial charge on any atom is 0.237 e. The lowest BCUT2D eigenvalue weighted by atomic mass is 10.2. The van der Waals surface area contributed by atoms with Gasteiger partial charge in [-0.1, -0.05) is 12.1 Å². The number of nitrogens with one attached hydrogen (secondary N) is 1. The van der Waals surface area contributed by atoms with Crippen LogP contribution in [0.25, 0.3) is 0 Å². The van der Waals surface area contributed by atoms with E-state index in [1.165, 1.54) is 0 Å². The fourth-order valence-corrected chi connectivity index (χ4v) is 1.99. The molecule has 1 aliphatic rings. The third kappa shape index (κ3) is 3.23. The van der Waals surface area contributed by atoms with Crippen LogP contribution in [0.5, 0.6) is 5.75 Å². The van der Waals surface area contributed by atoms with Crippen molar-refractivity contribution < 1.29 is 9.53 Å². The summed E-state index contributed by atoms with van der Waals surface area (Å²) in [5.74, 6) is 1.02. The van der Waals surface area contributed by atoms with E-state index in [4.69, 9.17) is 4.74 Å². The van der Waals surface area contributed by atoms with Gasteiger partial charge in [0.1, 0.15) is 5.75 Å². The molecule has 1 fully saturated rings. The zero-order valence-corrected chi connectivity index (χ0v) is 11.0. The molecule has 0 aromatic heterocycles. The lowest BCUT2D eigenvalue weighted by molar-refractivity contribution is -0.131. The summed E-state index contributed by atoms with van der Waals surface area (Å²) >= 11 is 0. The number of hydrogen-bond acceptors (Lipinski definition) is 3. The first-order valence-electron chi connectivity index (χ1n) is 6.31. The summed E-state index contributed by atoms with van der Waals surface area (Å²) < 4.78 is 5.13. The van der Waals surface area contributed by atoms with Crippen molar-refractivity contribution in [2.45, 2.75) is 25.4 Å². The maximum atomic E-state index is 12.0. The number of carbonyl (C=O) groups is 1.